The standard InChI is InChI=1S/C23H22FNO2/c1-16(19-13-14-21(27-2)20(24)15-19)25-23(26)22(17-9-5-3-6-10-17)18-11-7-4-8-12-18/h3-16,22H,1-2H3,(H,25,26). The summed E-state index contributed by atoms with van der Waals surface area (Å²) in [6, 6.07) is 23.7. The molecule has 27 heavy (non-hydrogen) atoms. The number of benzene rings is 3. The molecular weight excluding hydrogens is 341 g/mol. The molecule has 1 N–H and O–H groups in total. The lowest BCUT2D eigenvalue weighted by Crippen LogP contribution is -2.32. The van der Waals surface area contributed by atoms with Crippen LogP contribution in [0.3, 0.4) is 0 Å². The quantitative estimate of drug-likeness (QED) is 0.680. The highest BCUT2D eigenvalue weighted by molar-refractivity contribution is 5.87. The summed E-state index contributed by atoms with van der Waals surface area (Å²) < 4.78 is 19.0. The zero-order valence-electron chi connectivity index (χ0n) is 15.4. The second-order valence-corrected chi connectivity index (χ2v) is 6.38. The minimum absolute atomic E-state index is 0.129. The first-order chi connectivity index (χ1) is 13.1. The number of hydrogen-bond acceptors (Lipinski definition) is 2. The molecule has 0 aliphatic heterocycles. The van der Waals surface area contributed by atoms with Crippen LogP contribution in [0.1, 0.15) is 35.6 Å². The number of amides is 1. The van der Waals surface area contributed by atoms with Crippen LogP contribution in [-0.2, 0) is 4.79 Å². The van der Waals surface area contributed by atoms with E-state index in [1.165, 1.54) is 13.2 Å². The number of halogens is 1. The van der Waals surface area contributed by atoms with Crippen LogP contribution in [0, 0.1) is 5.82 Å². The highest BCUT2D eigenvalue weighted by Crippen LogP contribution is 2.27. The van der Waals surface area contributed by atoms with E-state index in [2.05, 4.69) is 5.32 Å². The molecule has 0 bridgehead atoms. The second-order valence-electron chi connectivity index (χ2n) is 6.38. The van der Waals surface area contributed by atoms with Gasteiger partial charge in [-0.25, -0.2) is 4.39 Å². The van der Waals surface area contributed by atoms with Gasteiger partial charge in [-0.05, 0) is 35.7 Å². The van der Waals surface area contributed by atoms with Crippen LogP contribution in [-0.4, -0.2) is 13.0 Å². The summed E-state index contributed by atoms with van der Waals surface area (Å²) in [6.07, 6.45) is 0. The molecule has 0 fully saturated rings. The normalized spacial score (nSPS) is 11.9. The van der Waals surface area contributed by atoms with Crippen molar-refractivity contribution in [2.45, 2.75) is 18.9 Å². The molecule has 0 spiro atoms. The molecule has 0 saturated heterocycles. The highest BCUT2D eigenvalue weighted by Gasteiger charge is 2.24. The van der Waals surface area contributed by atoms with Gasteiger partial charge in [-0.2, -0.15) is 0 Å². The molecule has 4 heteroatoms. The maximum absolute atomic E-state index is 14.0. The molecule has 0 heterocycles. The van der Waals surface area contributed by atoms with Crippen LogP contribution >= 0.6 is 0 Å². The Labute approximate surface area is 158 Å². The average molecular weight is 363 g/mol. The maximum atomic E-state index is 14.0. The largest absolute Gasteiger partial charge is 0.494 e. The van der Waals surface area contributed by atoms with Crippen molar-refractivity contribution in [2.24, 2.45) is 0 Å². The summed E-state index contributed by atoms with van der Waals surface area (Å²) >= 11 is 0. The highest BCUT2D eigenvalue weighted by atomic mass is 19.1. The Morgan fingerprint density at radius 2 is 1.44 bits per heavy atom. The van der Waals surface area contributed by atoms with E-state index in [0.29, 0.717) is 5.56 Å². The fraction of sp³-hybridized carbons (Fsp3) is 0.174. The third kappa shape index (κ3) is 4.34. The smallest absolute Gasteiger partial charge is 0.232 e. The Morgan fingerprint density at radius 3 is 1.93 bits per heavy atom. The van der Waals surface area contributed by atoms with Crippen molar-refractivity contribution >= 4 is 5.91 Å². The molecule has 1 amide bonds. The van der Waals surface area contributed by atoms with Crippen LogP contribution < -0.4 is 10.1 Å². The fourth-order valence-electron chi connectivity index (χ4n) is 3.12. The topological polar surface area (TPSA) is 38.3 Å². The Kier molecular flexibility index (Phi) is 5.87. The number of carbonyl (C=O) groups excluding carboxylic acids is 1. The van der Waals surface area contributed by atoms with E-state index in [4.69, 9.17) is 4.74 Å². The SMILES string of the molecule is COc1ccc(C(C)NC(=O)C(c2ccccc2)c2ccccc2)cc1F. The molecule has 0 aromatic heterocycles. The van der Waals surface area contributed by atoms with Crippen molar-refractivity contribution < 1.29 is 13.9 Å². The third-order valence-corrected chi connectivity index (χ3v) is 4.56. The van der Waals surface area contributed by atoms with E-state index in [9.17, 15) is 9.18 Å². The summed E-state index contributed by atoms with van der Waals surface area (Å²) in [6.45, 7) is 1.84. The number of nitrogens with one attached hydrogen (secondary N) is 1. The second kappa shape index (κ2) is 8.49. The maximum Gasteiger partial charge on any atom is 0.232 e. The molecule has 0 saturated carbocycles. The molecule has 3 nitrogen and oxygen atoms in total. The molecule has 3 aromatic rings. The van der Waals surface area contributed by atoms with Gasteiger partial charge >= 0.3 is 0 Å². The molecule has 138 valence electrons. The zero-order chi connectivity index (χ0) is 19.2. The van der Waals surface area contributed by atoms with Crippen molar-refractivity contribution in [1.29, 1.82) is 0 Å². The lowest BCUT2D eigenvalue weighted by molar-refractivity contribution is -0.122. The van der Waals surface area contributed by atoms with E-state index >= 15 is 0 Å². The summed E-state index contributed by atoms with van der Waals surface area (Å²) in [4.78, 5) is 13.1. The van der Waals surface area contributed by atoms with Gasteiger partial charge in [-0.3, -0.25) is 4.79 Å². The van der Waals surface area contributed by atoms with Gasteiger partial charge in [0.1, 0.15) is 0 Å². The Hall–Kier alpha value is -3.14. The average Bonchev–Trinajstić information content (AvgIpc) is 2.69. The Bertz CT molecular complexity index is 857. The molecule has 0 aliphatic carbocycles. The van der Waals surface area contributed by atoms with Crippen molar-refractivity contribution in [3.05, 3.63) is 101 Å². The van der Waals surface area contributed by atoms with E-state index in [0.717, 1.165) is 11.1 Å². The van der Waals surface area contributed by atoms with E-state index in [-0.39, 0.29) is 17.7 Å². The van der Waals surface area contributed by atoms with Crippen LogP contribution in [0.25, 0.3) is 0 Å². The monoisotopic (exact) mass is 363 g/mol. The van der Waals surface area contributed by atoms with E-state index in [1.807, 2.05) is 67.6 Å². The predicted molar refractivity (Wildman–Crippen MR) is 104 cm³/mol. The van der Waals surface area contributed by atoms with Gasteiger partial charge in [-0.15, -0.1) is 0 Å². The number of ether oxygens (including phenoxy) is 1. The molecule has 1 atom stereocenters. The van der Waals surface area contributed by atoms with Gasteiger partial charge in [0.05, 0.1) is 19.1 Å². The first kappa shape index (κ1) is 18.6. The third-order valence-electron chi connectivity index (χ3n) is 4.56. The van der Waals surface area contributed by atoms with Crippen LogP contribution in [0.4, 0.5) is 4.39 Å². The Balaban J connectivity index is 1.85. The number of methoxy groups -OCH3 is 1. The van der Waals surface area contributed by atoms with Gasteiger partial charge in [0.2, 0.25) is 5.91 Å². The first-order valence-electron chi connectivity index (χ1n) is 8.84. The van der Waals surface area contributed by atoms with Crippen molar-refractivity contribution in [3.63, 3.8) is 0 Å². The van der Waals surface area contributed by atoms with Crippen molar-refractivity contribution in [2.75, 3.05) is 7.11 Å². The van der Waals surface area contributed by atoms with Crippen molar-refractivity contribution in [3.8, 4) is 5.75 Å². The summed E-state index contributed by atoms with van der Waals surface area (Å²) in [5.41, 5.74) is 2.50. The minimum atomic E-state index is -0.446. The van der Waals surface area contributed by atoms with Crippen LogP contribution in [0.15, 0.2) is 78.9 Å². The molecule has 0 radical (unpaired) electrons. The molecular formula is C23H22FNO2. The lowest BCUT2D eigenvalue weighted by Gasteiger charge is -2.21. The lowest BCUT2D eigenvalue weighted by atomic mass is 9.90. The van der Waals surface area contributed by atoms with Gasteiger partial charge in [-0.1, -0.05) is 66.7 Å². The van der Waals surface area contributed by atoms with Gasteiger partial charge < -0.3 is 10.1 Å². The summed E-state index contributed by atoms with van der Waals surface area (Å²) in [7, 11) is 1.42. The van der Waals surface area contributed by atoms with Crippen LogP contribution in [0.5, 0.6) is 5.75 Å². The number of carbonyl (C=O) groups is 1. The summed E-state index contributed by atoms with van der Waals surface area (Å²) in [5.74, 6) is -0.823. The van der Waals surface area contributed by atoms with Crippen molar-refractivity contribution in [1.82, 2.24) is 5.32 Å². The Morgan fingerprint density at radius 1 is 0.889 bits per heavy atom. The van der Waals surface area contributed by atoms with Gasteiger partial charge in [0, 0.05) is 0 Å². The minimum Gasteiger partial charge on any atom is -0.494 e. The first-order valence-corrected chi connectivity index (χ1v) is 8.84. The molecule has 3 rings (SSSR count). The molecule has 1 unspecified atom stereocenters. The van der Waals surface area contributed by atoms with Gasteiger partial charge in [0.25, 0.3) is 0 Å². The van der Waals surface area contributed by atoms with Gasteiger partial charge in [0.15, 0.2) is 11.6 Å². The fourth-order valence-corrected chi connectivity index (χ4v) is 3.12. The van der Waals surface area contributed by atoms with E-state index < -0.39 is 11.7 Å². The number of hydrogen-bond donors (Lipinski definition) is 1. The predicted octanol–water partition coefficient (Wildman–Crippen LogP) is 4.84. The molecule has 3 aromatic carbocycles. The number of rotatable bonds is 6. The van der Waals surface area contributed by atoms with Crippen LogP contribution in [0.2, 0.25) is 0 Å². The van der Waals surface area contributed by atoms with E-state index in [1.54, 1.807) is 12.1 Å². The zero-order valence-corrected chi connectivity index (χ0v) is 15.4. The summed E-state index contributed by atoms with van der Waals surface area (Å²) in [5, 5.41) is 3.01. The molecule has 0 aliphatic rings.